The van der Waals surface area contributed by atoms with Gasteiger partial charge in [0.2, 0.25) is 5.89 Å². The molecule has 0 atom stereocenters. The monoisotopic (exact) mass is 303 g/mol. The van der Waals surface area contributed by atoms with Gasteiger partial charge in [-0.05, 0) is 29.7 Å². The molecular formula is C19H17N3O. The van der Waals surface area contributed by atoms with E-state index < -0.39 is 0 Å². The highest BCUT2D eigenvalue weighted by Gasteiger charge is 2.23. The zero-order valence-electron chi connectivity index (χ0n) is 12.9. The summed E-state index contributed by atoms with van der Waals surface area (Å²) >= 11 is 0. The van der Waals surface area contributed by atoms with E-state index >= 15 is 0 Å². The second kappa shape index (κ2) is 5.72. The van der Waals surface area contributed by atoms with Crippen LogP contribution in [0.5, 0.6) is 0 Å². The van der Waals surface area contributed by atoms with Crippen LogP contribution in [0.2, 0.25) is 0 Å². The minimum atomic E-state index is 0.511. The van der Waals surface area contributed by atoms with Crippen molar-refractivity contribution in [3.8, 4) is 0 Å². The van der Waals surface area contributed by atoms with Crippen LogP contribution in [0.4, 0.5) is 17.4 Å². The SMILES string of the molecule is CCCc1nnc(N2c3ccccc3C=Cc3ccccc32)o1. The summed E-state index contributed by atoms with van der Waals surface area (Å²) in [5.41, 5.74) is 4.33. The van der Waals surface area contributed by atoms with Crippen molar-refractivity contribution in [3.63, 3.8) is 0 Å². The number of anilines is 3. The fourth-order valence-electron chi connectivity index (χ4n) is 2.83. The van der Waals surface area contributed by atoms with Gasteiger partial charge in [0.25, 0.3) is 0 Å². The molecule has 4 nitrogen and oxygen atoms in total. The number of rotatable bonds is 3. The smallest absolute Gasteiger partial charge is 0.327 e. The number of aryl methyl sites for hydroxylation is 1. The minimum Gasteiger partial charge on any atom is -0.408 e. The van der Waals surface area contributed by atoms with E-state index in [9.17, 15) is 0 Å². The second-order valence-corrected chi connectivity index (χ2v) is 5.51. The Morgan fingerprint density at radius 1 is 0.870 bits per heavy atom. The van der Waals surface area contributed by atoms with Crippen molar-refractivity contribution in [2.75, 3.05) is 4.90 Å². The first-order valence-corrected chi connectivity index (χ1v) is 7.85. The zero-order chi connectivity index (χ0) is 15.6. The number of hydrogen-bond acceptors (Lipinski definition) is 4. The van der Waals surface area contributed by atoms with E-state index in [-0.39, 0.29) is 0 Å². The lowest BCUT2D eigenvalue weighted by Crippen LogP contribution is -2.12. The minimum absolute atomic E-state index is 0.511. The molecule has 114 valence electrons. The molecule has 1 aliphatic rings. The van der Waals surface area contributed by atoms with Crippen LogP contribution in [0.15, 0.2) is 52.9 Å². The number of nitrogens with zero attached hydrogens (tertiary/aromatic N) is 3. The summed E-state index contributed by atoms with van der Waals surface area (Å²) < 4.78 is 5.91. The summed E-state index contributed by atoms with van der Waals surface area (Å²) in [5, 5.41) is 8.46. The molecule has 1 aromatic heterocycles. The van der Waals surface area contributed by atoms with E-state index in [1.54, 1.807) is 0 Å². The summed E-state index contributed by atoms with van der Waals surface area (Å²) in [5.74, 6) is 0.676. The van der Waals surface area contributed by atoms with Gasteiger partial charge in [0.1, 0.15) is 0 Å². The first-order chi connectivity index (χ1) is 11.4. The largest absolute Gasteiger partial charge is 0.408 e. The fourth-order valence-corrected chi connectivity index (χ4v) is 2.83. The van der Waals surface area contributed by atoms with Gasteiger partial charge < -0.3 is 4.42 Å². The van der Waals surface area contributed by atoms with Crippen LogP contribution in [-0.2, 0) is 6.42 Å². The van der Waals surface area contributed by atoms with Gasteiger partial charge in [0.05, 0.1) is 11.4 Å². The zero-order valence-corrected chi connectivity index (χ0v) is 12.9. The van der Waals surface area contributed by atoms with E-state index in [0.29, 0.717) is 11.9 Å². The molecule has 0 saturated heterocycles. The summed E-state index contributed by atoms with van der Waals surface area (Å²) in [7, 11) is 0. The molecular weight excluding hydrogens is 286 g/mol. The van der Waals surface area contributed by atoms with Crippen LogP contribution in [0.1, 0.15) is 30.4 Å². The Hall–Kier alpha value is -2.88. The van der Waals surface area contributed by atoms with Crippen molar-refractivity contribution in [3.05, 3.63) is 65.5 Å². The third kappa shape index (κ3) is 2.42. The van der Waals surface area contributed by atoms with Crippen LogP contribution in [0.3, 0.4) is 0 Å². The van der Waals surface area contributed by atoms with E-state index in [1.165, 1.54) is 0 Å². The second-order valence-electron chi connectivity index (χ2n) is 5.51. The maximum atomic E-state index is 5.91. The molecule has 0 N–H and O–H groups in total. The topological polar surface area (TPSA) is 42.2 Å². The lowest BCUT2D eigenvalue weighted by Gasteiger charge is -2.22. The van der Waals surface area contributed by atoms with E-state index in [1.807, 2.05) is 29.2 Å². The van der Waals surface area contributed by atoms with E-state index in [0.717, 1.165) is 35.3 Å². The van der Waals surface area contributed by atoms with Crippen molar-refractivity contribution in [2.45, 2.75) is 19.8 Å². The molecule has 0 fully saturated rings. The van der Waals surface area contributed by atoms with Crippen LogP contribution in [-0.4, -0.2) is 10.2 Å². The standard InChI is InChI=1S/C19H17N3O/c1-2-7-18-20-21-19(23-18)22-16-10-5-3-8-14(16)12-13-15-9-4-6-11-17(15)22/h3-6,8-13H,2,7H2,1H3. The van der Waals surface area contributed by atoms with Crippen LogP contribution in [0.25, 0.3) is 12.2 Å². The highest BCUT2D eigenvalue weighted by molar-refractivity contribution is 5.91. The van der Waals surface area contributed by atoms with Crippen molar-refractivity contribution >= 4 is 29.5 Å². The molecule has 2 heterocycles. The van der Waals surface area contributed by atoms with Crippen molar-refractivity contribution in [2.24, 2.45) is 0 Å². The first-order valence-electron chi connectivity index (χ1n) is 7.85. The Morgan fingerprint density at radius 3 is 2.09 bits per heavy atom. The van der Waals surface area contributed by atoms with Crippen molar-refractivity contribution < 1.29 is 4.42 Å². The molecule has 4 heteroatoms. The first kappa shape index (κ1) is 13.8. The summed E-state index contributed by atoms with van der Waals surface area (Å²) in [4.78, 5) is 2.04. The van der Waals surface area contributed by atoms with Gasteiger partial charge >= 0.3 is 6.01 Å². The lowest BCUT2D eigenvalue weighted by molar-refractivity contribution is 0.497. The van der Waals surface area contributed by atoms with Gasteiger partial charge in [0, 0.05) is 6.42 Å². The molecule has 0 amide bonds. The van der Waals surface area contributed by atoms with Crippen LogP contribution in [0, 0.1) is 0 Å². The maximum absolute atomic E-state index is 5.91. The number of aromatic nitrogens is 2. The van der Waals surface area contributed by atoms with Gasteiger partial charge in [-0.1, -0.05) is 60.6 Å². The van der Waals surface area contributed by atoms with Gasteiger partial charge in [-0.3, -0.25) is 4.90 Å². The number of para-hydroxylation sites is 2. The molecule has 0 spiro atoms. The Bertz CT molecular complexity index is 817. The summed E-state index contributed by atoms with van der Waals surface area (Å²) in [6.45, 7) is 2.10. The molecule has 0 saturated carbocycles. The third-order valence-electron chi connectivity index (χ3n) is 3.91. The Kier molecular flexibility index (Phi) is 3.42. The molecule has 1 aliphatic heterocycles. The molecule has 0 aliphatic carbocycles. The molecule has 0 unspecified atom stereocenters. The van der Waals surface area contributed by atoms with Gasteiger partial charge in [-0.2, -0.15) is 0 Å². The Morgan fingerprint density at radius 2 is 1.48 bits per heavy atom. The van der Waals surface area contributed by atoms with E-state index in [2.05, 4.69) is 53.5 Å². The average molecular weight is 303 g/mol. The van der Waals surface area contributed by atoms with E-state index in [4.69, 9.17) is 4.42 Å². The highest BCUT2D eigenvalue weighted by Crippen LogP contribution is 2.40. The molecule has 0 radical (unpaired) electrons. The highest BCUT2D eigenvalue weighted by atomic mass is 16.4. The number of hydrogen-bond donors (Lipinski definition) is 0. The average Bonchev–Trinajstić information content (AvgIpc) is 2.97. The quantitative estimate of drug-likeness (QED) is 0.535. The van der Waals surface area contributed by atoms with Crippen molar-refractivity contribution in [1.82, 2.24) is 10.2 Å². The number of benzene rings is 2. The third-order valence-corrected chi connectivity index (χ3v) is 3.91. The maximum Gasteiger partial charge on any atom is 0.327 e. The van der Waals surface area contributed by atoms with Gasteiger partial charge in [-0.25, -0.2) is 0 Å². The summed E-state index contributed by atoms with van der Waals surface area (Å²) in [6, 6.07) is 17.0. The lowest BCUT2D eigenvalue weighted by atomic mass is 10.1. The van der Waals surface area contributed by atoms with Gasteiger partial charge in [-0.15, -0.1) is 5.10 Å². The Balaban J connectivity index is 1.91. The molecule has 0 bridgehead atoms. The predicted molar refractivity (Wildman–Crippen MR) is 91.9 cm³/mol. The molecule has 23 heavy (non-hydrogen) atoms. The van der Waals surface area contributed by atoms with Crippen molar-refractivity contribution in [1.29, 1.82) is 0 Å². The van der Waals surface area contributed by atoms with Crippen LogP contribution >= 0.6 is 0 Å². The number of fused-ring (bicyclic) bond motifs is 2. The Labute approximate surface area is 135 Å². The normalized spacial score (nSPS) is 12.7. The van der Waals surface area contributed by atoms with Gasteiger partial charge in [0.15, 0.2) is 0 Å². The fraction of sp³-hybridized carbons (Fsp3) is 0.158. The van der Waals surface area contributed by atoms with Crippen LogP contribution < -0.4 is 4.90 Å². The molecule has 4 rings (SSSR count). The predicted octanol–water partition coefficient (Wildman–Crippen LogP) is 4.98. The summed E-state index contributed by atoms with van der Waals surface area (Å²) in [6.07, 6.45) is 6.02. The molecule has 3 aromatic rings. The molecule has 2 aromatic carbocycles.